The van der Waals surface area contributed by atoms with E-state index in [0.29, 0.717) is 31.6 Å². The Balaban J connectivity index is 5.13. The van der Waals surface area contributed by atoms with Gasteiger partial charge < -0.3 is 33.8 Å². The zero-order chi connectivity index (χ0) is 70.5. The molecule has 2 unspecified atom stereocenters. The lowest BCUT2D eigenvalue weighted by Gasteiger charge is -2.21. The van der Waals surface area contributed by atoms with Gasteiger partial charge in [-0.1, -0.05) is 356 Å². The number of carbonyl (C=O) groups excluding carboxylic acids is 4. The molecule has 0 aromatic carbocycles. The van der Waals surface area contributed by atoms with Gasteiger partial charge in [-0.15, -0.1) is 0 Å². The van der Waals surface area contributed by atoms with E-state index in [2.05, 4.69) is 34.6 Å². The van der Waals surface area contributed by atoms with Gasteiger partial charge in [-0.05, 0) is 31.6 Å². The van der Waals surface area contributed by atoms with Crippen LogP contribution < -0.4 is 0 Å². The van der Waals surface area contributed by atoms with E-state index in [1.807, 2.05) is 0 Å². The normalized spacial score (nSPS) is 13.9. The molecule has 0 spiro atoms. The van der Waals surface area contributed by atoms with E-state index >= 15 is 0 Å². The minimum absolute atomic E-state index is 0.102. The number of phosphoric ester groups is 2. The number of hydrogen-bond acceptors (Lipinski definition) is 15. The second kappa shape index (κ2) is 70.1. The summed E-state index contributed by atoms with van der Waals surface area (Å²) in [4.78, 5) is 72.6. The van der Waals surface area contributed by atoms with Gasteiger partial charge in [0, 0.05) is 25.7 Å². The molecule has 17 nitrogen and oxygen atoms in total. The van der Waals surface area contributed by atoms with Crippen LogP contribution in [-0.4, -0.2) is 96.7 Å². The first-order chi connectivity index (χ1) is 46.5. The first kappa shape index (κ1) is 94.1. The highest BCUT2D eigenvalue weighted by atomic mass is 31.2. The predicted octanol–water partition coefficient (Wildman–Crippen LogP) is 22.9. The van der Waals surface area contributed by atoms with Crippen LogP contribution in [0.25, 0.3) is 0 Å². The van der Waals surface area contributed by atoms with E-state index in [9.17, 15) is 43.2 Å². The molecule has 0 amide bonds. The van der Waals surface area contributed by atoms with Crippen molar-refractivity contribution in [2.24, 2.45) is 5.92 Å². The van der Waals surface area contributed by atoms with E-state index in [-0.39, 0.29) is 25.7 Å². The molecule has 570 valence electrons. The highest BCUT2D eigenvalue weighted by Gasteiger charge is 2.30. The van der Waals surface area contributed by atoms with Gasteiger partial charge in [-0.2, -0.15) is 0 Å². The molecule has 0 rings (SSSR count). The Kier molecular flexibility index (Phi) is 68.7. The summed E-state index contributed by atoms with van der Waals surface area (Å²) < 4.78 is 68.3. The van der Waals surface area contributed by atoms with Gasteiger partial charge in [0.1, 0.15) is 19.3 Å². The van der Waals surface area contributed by atoms with Crippen LogP contribution in [0.2, 0.25) is 0 Å². The lowest BCUT2D eigenvalue weighted by Crippen LogP contribution is -2.30. The maximum absolute atomic E-state index is 13.1. The number of esters is 4. The Bertz CT molecular complexity index is 1840. The molecule has 19 heteroatoms. The van der Waals surface area contributed by atoms with Gasteiger partial charge >= 0.3 is 39.5 Å². The molecule has 3 N–H and O–H groups in total. The van der Waals surface area contributed by atoms with Crippen molar-refractivity contribution in [1.29, 1.82) is 0 Å². The molecule has 96 heavy (non-hydrogen) atoms. The Hall–Kier alpha value is -1.94. The van der Waals surface area contributed by atoms with E-state index in [1.165, 1.54) is 218 Å². The van der Waals surface area contributed by atoms with Crippen LogP contribution in [-0.2, 0) is 65.4 Å². The van der Waals surface area contributed by atoms with Crippen LogP contribution >= 0.6 is 15.6 Å². The highest BCUT2D eigenvalue weighted by molar-refractivity contribution is 7.47. The van der Waals surface area contributed by atoms with Gasteiger partial charge in [-0.3, -0.25) is 37.3 Å². The molecule has 0 aliphatic carbocycles. The monoisotopic (exact) mass is 1410 g/mol. The summed E-state index contributed by atoms with van der Waals surface area (Å²) in [6, 6.07) is 0. The molecule has 0 aliphatic rings. The summed E-state index contributed by atoms with van der Waals surface area (Å²) in [5.74, 6) is -1.45. The van der Waals surface area contributed by atoms with Crippen molar-refractivity contribution in [1.82, 2.24) is 0 Å². The van der Waals surface area contributed by atoms with Gasteiger partial charge in [0.05, 0.1) is 26.4 Å². The lowest BCUT2D eigenvalue weighted by molar-refractivity contribution is -0.161. The molecule has 5 atom stereocenters. The second-order valence-electron chi connectivity index (χ2n) is 28.2. The number of aliphatic hydroxyl groups is 1. The van der Waals surface area contributed by atoms with Gasteiger partial charge in [0.15, 0.2) is 12.2 Å². The van der Waals surface area contributed by atoms with E-state index in [4.69, 9.17) is 37.0 Å². The SMILES string of the molecule is CCCCCCCCCCCCCCCCCCCCCCC(=O)OC[C@H](COP(=O)(O)OC[C@@H](O)COP(=O)(O)OC[C@@H](COC(=O)CCCCCCCCC)OC(=O)CCCCCCCCC(C)C)OC(=O)CCCCCCCCCCCCCCCCCCCCCC. The smallest absolute Gasteiger partial charge is 0.462 e. The predicted molar refractivity (Wildman–Crippen MR) is 391 cm³/mol. The first-order valence-electron chi connectivity index (χ1n) is 40.1. The minimum Gasteiger partial charge on any atom is -0.462 e. The summed E-state index contributed by atoms with van der Waals surface area (Å²) in [5.41, 5.74) is 0. The number of rotatable bonds is 77. The molecule has 0 radical (unpaired) electrons. The summed E-state index contributed by atoms with van der Waals surface area (Å²) in [5, 5.41) is 10.6. The van der Waals surface area contributed by atoms with Gasteiger partial charge in [0.25, 0.3) is 0 Å². The first-order valence-corrected chi connectivity index (χ1v) is 43.1. The van der Waals surface area contributed by atoms with Crippen LogP contribution in [0, 0.1) is 5.92 Å². The minimum atomic E-state index is -4.96. The quantitative estimate of drug-likeness (QED) is 0.0222. The number of unbranched alkanes of at least 4 members (excludes halogenated alkanes) is 49. The van der Waals surface area contributed by atoms with Crippen LogP contribution in [0.5, 0.6) is 0 Å². The molecule has 0 aliphatic heterocycles. The van der Waals surface area contributed by atoms with E-state index in [0.717, 1.165) is 103 Å². The zero-order valence-electron chi connectivity index (χ0n) is 62.5. The summed E-state index contributed by atoms with van der Waals surface area (Å²) in [6.45, 7) is 7.15. The average molecular weight is 1410 g/mol. The topological polar surface area (TPSA) is 237 Å². The Morgan fingerprint density at radius 2 is 0.479 bits per heavy atom. The fraction of sp³-hybridized carbons (Fsp3) is 0.948. The summed E-state index contributed by atoms with van der Waals surface area (Å²) >= 11 is 0. The third-order valence-electron chi connectivity index (χ3n) is 18.0. The number of aliphatic hydroxyl groups excluding tert-OH is 1. The van der Waals surface area contributed by atoms with Gasteiger partial charge in [-0.25, -0.2) is 9.13 Å². The molecule has 0 saturated carbocycles. The second-order valence-corrected chi connectivity index (χ2v) is 31.1. The Labute approximate surface area is 588 Å². The van der Waals surface area contributed by atoms with Crippen LogP contribution in [0.15, 0.2) is 0 Å². The summed E-state index contributed by atoms with van der Waals surface area (Å²) in [7, 11) is -9.90. The fourth-order valence-electron chi connectivity index (χ4n) is 11.9. The molecule has 0 fully saturated rings. The van der Waals surface area contributed by atoms with E-state index in [1.54, 1.807) is 0 Å². The molecular weight excluding hydrogens is 1260 g/mol. The maximum Gasteiger partial charge on any atom is 0.472 e. The number of ether oxygens (including phenoxy) is 4. The third-order valence-corrected chi connectivity index (χ3v) is 19.9. The lowest BCUT2D eigenvalue weighted by atomic mass is 10.0. The van der Waals surface area contributed by atoms with Crippen molar-refractivity contribution < 1.29 is 80.2 Å². The number of hydrogen-bond donors (Lipinski definition) is 3. The van der Waals surface area contributed by atoms with E-state index < -0.39 is 97.5 Å². The molecule has 0 saturated heterocycles. The Morgan fingerprint density at radius 3 is 0.708 bits per heavy atom. The van der Waals surface area contributed by atoms with Crippen molar-refractivity contribution in [3.05, 3.63) is 0 Å². The molecule has 0 aromatic rings. The van der Waals surface area contributed by atoms with Gasteiger partial charge in [0.2, 0.25) is 0 Å². The molecule has 0 aromatic heterocycles. The Morgan fingerprint density at radius 1 is 0.281 bits per heavy atom. The molecular formula is C77H150O17P2. The maximum atomic E-state index is 13.1. The van der Waals surface area contributed by atoms with Crippen molar-refractivity contribution in [2.45, 2.75) is 425 Å². The molecule has 0 bridgehead atoms. The highest BCUT2D eigenvalue weighted by Crippen LogP contribution is 2.45. The van der Waals surface area contributed by atoms with Crippen molar-refractivity contribution in [2.75, 3.05) is 39.6 Å². The third kappa shape index (κ3) is 70.5. The number of carbonyl (C=O) groups is 4. The number of phosphoric acid groups is 2. The summed E-state index contributed by atoms with van der Waals surface area (Å²) in [6.07, 6.45) is 60.3. The average Bonchev–Trinajstić information content (AvgIpc) is 2.10. The van der Waals surface area contributed by atoms with Crippen LogP contribution in [0.1, 0.15) is 407 Å². The standard InChI is InChI=1S/C77H150O17P2/c1-6-9-12-15-18-20-22-24-26-28-30-32-34-36-38-40-42-45-51-56-61-75(80)88-67-72(93-76(81)62-57-52-46-43-41-39-37-35-33-31-29-27-25-23-21-19-16-13-10-7-2)68-91-95(83,84)89-64-71(78)65-90-96(85,86)92-69-73(66-87-74(79)60-55-50-44-17-14-11-8-3)94-77(82)63-58-53-48-47-49-54-59-70(4)5/h70-73,78H,6-69H2,1-5H3,(H,83,84)(H,85,86)/t71-,72-,73-/m1/s1. The molecule has 0 heterocycles. The van der Waals surface area contributed by atoms with Crippen molar-refractivity contribution >= 4 is 39.5 Å². The van der Waals surface area contributed by atoms with Crippen molar-refractivity contribution in [3.63, 3.8) is 0 Å². The largest absolute Gasteiger partial charge is 0.472 e. The fourth-order valence-corrected chi connectivity index (χ4v) is 13.5. The van der Waals surface area contributed by atoms with Crippen molar-refractivity contribution in [3.8, 4) is 0 Å². The zero-order valence-corrected chi connectivity index (χ0v) is 64.3. The van der Waals surface area contributed by atoms with Crippen LogP contribution in [0.4, 0.5) is 0 Å². The van der Waals surface area contributed by atoms with Crippen LogP contribution in [0.3, 0.4) is 0 Å².